The van der Waals surface area contributed by atoms with E-state index in [4.69, 9.17) is 6.85 Å². The number of aromatic amines is 1. The average Bonchev–Trinajstić information content (AvgIpc) is 2.68. The highest BCUT2D eigenvalue weighted by Gasteiger charge is 2.02. The van der Waals surface area contributed by atoms with Gasteiger partial charge < -0.3 is 9.88 Å². The molecule has 2 heteroatoms. The fraction of sp³-hybridized carbons (Fsp3) is 0.333. The molecule has 0 amide bonds. The molecule has 0 aliphatic heterocycles. The number of rotatable bonds is 3. The minimum atomic E-state index is -0.266. The maximum Gasteiger partial charge on any atom is 0.0819 e. The number of aromatic nitrogens is 1. The van der Waals surface area contributed by atoms with Gasteiger partial charge in [0.15, 0.2) is 0 Å². The summed E-state index contributed by atoms with van der Waals surface area (Å²) in [6.07, 6.45) is 0.748. The van der Waals surface area contributed by atoms with Crippen LogP contribution in [0.15, 0.2) is 30.3 Å². The first-order valence-corrected chi connectivity index (χ1v) is 4.56. The number of fused-ring (bicyclic) bond motifs is 1. The van der Waals surface area contributed by atoms with Gasteiger partial charge in [-0.1, -0.05) is 18.1 Å². The van der Waals surface area contributed by atoms with E-state index in [9.17, 15) is 0 Å². The Labute approximate surface area is 91.6 Å². The molecule has 1 heterocycles. The number of para-hydroxylation sites is 1. The molecule has 0 aliphatic rings. The summed E-state index contributed by atoms with van der Waals surface area (Å²) in [7, 11) is 3.85. The summed E-state index contributed by atoms with van der Waals surface area (Å²) in [4.78, 5) is 4.74. The highest BCUT2D eigenvalue weighted by Crippen LogP contribution is 2.17. The summed E-state index contributed by atoms with van der Waals surface area (Å²) in [5.41, 5.74) is 0.973. The molecule has 1 N–H and O–H groups in total. The van der Waals surface area contributed by atoms with Gasteiger partial charge in [-0.3, -0.25) is 0 Å². The number of H-pyrrole nitrogens is 1. The predicted molar refractivity (Wildman–Crippen MR) is 60.6 cm³/mol. The molecule has 0 fully saturated rings. The minimum Gasteiger partial charge on any atom is -0.361 e. The molecule has 2 rings (SSSR count). The molecule has 0 atom stereocenters. The number of benzene rings is 1. The molecular formula is C12H16N2. The molecule has 1 aromatic carbocycles. The SMILES string of the molecule is [2H]c1[nH]c2c([2H])c([2H])c([2H])c([2H])c2c1CCN(C)C. The number of hydrogen-bond acceptors (Lipinski definition) is 1. The van der Waals surface area contributed by atoms with Gasteiger partial charge in [0.2, 0.25) is 0 Å². The van der Waals surface area contributed by atoms with Crippen molar-refractivity contribution in [3.8, 4) is 0 Å². The minimum absolute atomic E-state index is 0.0699. The topological polar surface area (TPSA) is 19.0 Å². The van der Waals surface area contributed by atoms with Gasteiger partial charge in [-0.15, -0.1) is 0 Å². The van der Waals surface area contributed by atoms with Crippen LogP contribution >= 0.6 is 0 Å². The normalized spacial score (nSPS) is 16.4. The van der Waals surface area contributed by atoms with Gasteiger partial charge in [-0.2, -0.15) is 0 Å². The van der Waals surface area contributed by atoms with Crippen molar-refractivity contribution >= 4 is 10.9 Å². The van der Waals surface area contributed by atoms with E-state index >= 15 is 0 Å². The van der Waals surface area contributed by atoms with E-state index in [2.05, 4.69) is 4.98 Å². The van der Waals surface area contributed by atoms with Crippen molar-refractivity contribution in [2.45, 2.75) is 6.42 Å². The molecule has 1 aromatic heterocycles. The Hall–Kier alpha value is -1.28. The van der Waals surface area contributed by atoms with Gasteiger partial charge in [0, 0.05) is 23.6 Å². The zero-order valence-corrected chi connectivity index (χ0v) is 8.36. The van der Waals surface area contributed by atoms with Crippen LogP contribution in [0.25, 0.3) is 10.9 Å². The van der Waals surface area contributed by atoms with Crippen molar-refractivity contribution in [2.75, 3.05) is 20.6 Å². The summed E-state index contributed by atoms with van der Waals surface area (Å²) >= 11 is 0. The van der Waals surface area contributed by atoms with E-state index < -0.39 is 0 Å². The second kappa shape index (κ2) is 3.84. The fourth-order valence-electron chi connectivity index (χ4n) is 1.36. The summed E-state index contributed by atoms with van der Waals surface area (Å²) in [6.45, 7) is 0.724. The monoisotopic (exact) mass is 193 g/mol. The lowest BCUT2D eigenvalue weighted by molar-refractivity contribution is 0.414. The molecule has 0 aliphatic carbocycles. The first-order chi connectivity index (χ1) is 8.84. The summed E-state index contributed by atoms with van der Waals surface area (Å²) in [5.74, 6) is 0. The quantitative estimate of drug-likeness (QED) is 0.792. The second-order valence-electron chi connectivity index (χ2n) is 3.53. The Bertz CT molecular complexity index is 633. The third-order valence-corrected chi connectivity index (χ3v) is 2.14. The van der Waals surface area contributed by atoms with Crippen molar-refractivity contribution < 1.29 is 6.85 Å². The molecule has 0 saturated carbocycles. The van der Waals surface area contributed by atoms with E-state index in [1.807, 2.05) is 19.0 Å². The smallest absolute Gasteiger partial charge is 0.0819 e. The van der Waals surface area contributed by atoms with Crippen LogP contribution in [0, 0.1) is 0 Å². The number of likely N-dealkylation sites (N-methyl/N-ethyl adjacent to an activating group) is 1. The first kappa shape index (κ1) is 4.99. The van der Waals surface area contributed by atoms with Gasteiger partial charge in [0.1, 0.15) is 0 Å². The molecule has 0 radical (unpaired) electrons. The number of nitrogens with zero attached hydrogens (tertiary/aromatic N) is 1. The Kier molecular flexibility index (Phi) is 1.37. The zero-order chi connectivity index (χ0) is 14.3. The molecule has 74 valence electrons. The number of nitrogens with one attached hydrogen (secondary N) is 1. The van der Waals surface area contributed by atoms with Crippen molar-refractivity contribution in [1.82, 2.24) is 9.88 Å². The van der Waals surface area contributed by atoms with Crippen LogP contribution in [0.3, 0.4) is 0 Å². The molecule has 2 nitrogen and oxygen atoms in total. The summed E-state index contributed by atoms with van der Waals surface area (Å²) in [5, 5.41) is 0.442. The molecular weight excluding hydrogens is 172 g/mol. The Morgan fingerprint density at radius 2 is 2.14 bits per heavy atom. The van der Waals surface area contributed by atoms with E-state index in [1.54, 1.807) is 0 Å². The highest BCUT2D eigenvalue weighted by atomic mass is 15.0. The van der Waals surface area contributed by atoms with Gasteiger partial charge in [0.25, 0.3) is 0 Å². The summed E-state index contributed by atoms with van der Waals surface area (Å²) < 4.78 is 39.1. The Morgan fingerprint density at radius 1 is 1.36 bits per heavy atom. The Morgan fingerprint density at radius 3 is 2.93 bits per heavy atom. The molecule has 0 spiro atoms. The first-order valence-electron chi connectivity index (χ1n) is 7.06. The lowest BCUT2D eigenvalue weighted by Crippen LogP contribution is -2.14. The molecule has 14 heavy (non-hydrogen) atoms. The third-order valence-electron chi connectivity index (χ3n) is 2.14. The molecule has 0 unspecified atom stereocenters. The van der Waals surface area contributed by atoms with Gasteiger partial charge in [-0.25, -0.2) is 0 Å². The van der Waals surface area contributed by atoms with Crippen LogP contribution in [0.1, 0.15) is 12.4 Å². The van der Waals surface area contributed by atoms with E-state index in [0.717, 1.165) is 6.54 Å². The fourth-order valence-corrected chi connectivity index (χ4v) is 1.36. The van der Waals surface area contributed by atoms with Crippen LogP contribution in [-0.4, -0.2) is 30.5 Å². The van der Waals surface area contributed by atoms with Crippen LogP contribution in [-0.2, 0) is 6.42 Å². The molecule has 0 saturated heterocycles. The number of hydrogen-bond donors (Lipinski definition) is 1. The lowest BCUT2D eigenvalue weighted by Gasteiger charge is -2.07. The van der Waals surface area contributed by atoms with Crippen LogP contribution < -0.4 is 0 Å². The average molecular weight is 193 g/mol. The van der Waals surface area contributed by atoms with Crippen molar-refractivity contribution in [3.63, 3.8) is 0 Å². The third kappa shape index (κ3) is 1.80. The second-order valence-corrected chi connectivity index (χ2v) is 3.53. The highest BCUT2D eigenvalue weighted by molar-refractivity contribution is 5.83. The molecule has 2 aromatic rings. The predicted octanol–water partition coefficient (Wildman–Crippen LogP) is 2.27. The van der Waals surface area contributed by atoms with E-state index in [0.29, 0.717) is 22.9 Å². The van der Waals surface area contributed by atoms with Crippen molar-refractivity contribution in [2.24, 2.45) is 0 Å². The van der Waals surface area contributed by atoms with Crippen LogP contribution in [0.5, 0.6) is 0 Å². The summed E-state index contributed by atoms with van der Waals surface area (Å²) in [6, 6.07) is -0.694. The largest absolute Gasteiger partial charge is 0.361 e. The van der Waals surface area contributed by atoms with Gasteiger partial charge in [0.05, 0.1) is 6.85 Å². The van der Waals surface area contributed by atoms with Gasteiger partial charge in [-0.05, 0) is 32.1 Å². The maximum atomic E-state index is 7.96. The van der Waals surface area contributed by atoms with Crippen molar-refractivity contribution in [3.05, 3.63) is 35.9 Å². The van der Waals surface area contributed by atoms with Crippen molar-refractivity contribution in [1.29, 1.82) is 0 Å². The Balaban J connectivity index is 2.68. The standard InChI is InChI=1S/C12H16N2/c1-14(2)8-7-10-9-13-12-6-4-3-5-11(10)12/h3-6,9,13H,7-8H2,1-2H3/i3D,4D,5D,6D,9D. The van der Waals surface area contributed by atoms with Gasteiger partial charge >= 0.3 is 0 Å². The lowest BCUT2D eigenvalue weighted by atomic mass is 10.1. The van der Waals surface area contributed by atoms with Crippen LogP contribution in [0.2, 0.25) is 0 Å². The van der Waals surface area contributed by atoms with E-state index in [-0.39, 0.29) is 30.3 Å². The maximum absolute atomic E-state index is 7.96. The van der Waals surface area contributed by atoms with E-state index in [1.165, 1.54) is 0 Å². The van der Waals surface area contributed by atoms with Crippen LogP contribution in [0.4, 0.5) is 0 Å². The molecule has 0 bridgehead atoms. The zero-order valence-electron chi connectivity index (χ0n) is 13.4.